The van der Waals surface area contributed by atoms with Crippen LogP contribution in [0.1, 0.15) is 17.0 Å². The first-order valence-corrected chi connectivity index (χ1v) is 8.93. The Bertz CT molecular complexity index is 832. The SMILES string of the molecule is Cc1cccc(CNC(=O)Nc2cc(S(C)(=O)=O)ccc2C)n1. The number of amides is 2. The van der Waals surface area contributed by atoms with Crippen LogP contribution in [0.2, 0.25) is 0 Å². The molecule has 0 spiro atoms. The summed E-state index contributed by atoms with van der Waals surface area (Å²) in [5, 5.41) is 5.36. The van der Waals surface area contributed by atoms with E-state index in [2.05, 4.69) is 15.6 Å². The first-order valence-electron chi connectivity index (χ1n) is 7.04. The number of urea groups is 1. The predicted octanol–water partition coefficient (Wildman–Crippen LogP) is 2.42. The van der Waals surface area contributed by atoms with Crippen molar-refractivity contribution in [2.45, 2.75) is 25.3 Å². The van der Waals surface area contributed by atoms with Gasteiger partial charge in [-0.25, -0.2) is 13.2 Å². The van der Waals surface area contributed by atoms with E-state index < -0.39 is 15.9 Å². The number of hydrogen-bond acceptors (Lipinski definition) is 4. The van der Waals surface area contributed by atoms with Gasteiger partial charge in [-0.05, 0) is 43.7 Å². The van der Waals surface area contributed by atoms with E-state index in [0.29, 0.717) is 12.2 Å². The molecule has 2 rings (SSSR count). The average Bonchev–Trinajstić information content (AvgIpc) is 2.46. The Hall–Kier alpha value is -2.41. The zero-order chi connectivity index (χ0) is 17.0. The maximum absolute atomic E-state index is 12.0. The molecule has 6 nitrogen and oxygen atoms in total. The Balaban J connectivity index is 2.05. The number of aryl methyl sites for hydroxylation is 2. The van der Waals surface area contributed by atoms with Gasteiger partial charge in [0.05, 0.1) is 17.1 Å². The molecule has 0 aliphatic carbocycles. The van der Waals surface area contributed by atoms with Crippen LogP contribution in [0.5, 0.6) is 0 Å². The Labute approximate surface area is 135 Å². The molecule has 0 bridgehead atoms. The maximum Gasteiger partial charge on any atom is 0.319 e. The van der Waals surface area contributed by atoms with Crippen LogP contribution >= 0.6 is 0 Å². The highest BCUT2D eigenvalue weighted by Gasteiger charge is 2.11. The van der Waals surface area contributed by atoms with E-state index in [4.69, 9.17) is 0 Å². The molecule has 0 fully saturated rings. The summed E-state index contributed by atoms with van der Waals surface area (Å²) < 4.78 is 23.2. The number of carbonyl (C=O) groups is 1. The van der Waals surface area contributed by atoms with E-state index in [1.54, 1.807) is 13.0 Å². The quantitative estimate of drug-likeness (QED) is 0.899. The summed E-state index contributed by atoms with van der Waals surface area (Å²) in [4.78, 5) is 16.4. The Morgan fingerprint density at radius 3 is 2.57 bits per heavy atom. The molecule has 122 valence electrons. The van der Waals surface area contributed by atoms with E-state index in [1.807, 2.05) is 25.1 Å². The summed E-state index contributed by atoms with van der Waals surface area (Å²) in [5.41, 5.74) is 2.87. The van der Waals surface area contributed by atoms with Gasteiger partial charge in [0.15, 0.2) is 9.84 Å². The summed E-state index contributed by atoms with van der Waals surface area (Å²) in [6.45, 7) is 3.96. The van der Waals surface area contributed by atoms with Gasteiger partial charge in [-0.15, -0.1) is 0 Å². The highest BCUT2D eigenvalue weighted by atomic mass is 32.2. The van der Waals surface area contributed by atoms with Gasteiger partial charge in [-0.1, -0.05) is 12.1 Å². The molecular weight excluding hydrogens is 314 g/mol. The second-order valence-corrected chi connectivity index (χ2v) is 7.34. The van der Waals surface area contributed by atoms with Gasteiger partial charge in [0.2, 0.25) is 0 Å². The van der Waals surface area contributed by atoms with Crippen molar-refractivity contribution >= 4 is 21.6 Å². The molecule has 2 aromatic rings. The van der Waals surface area contributed by atoms with Crippen molar-refractivity contribution in [1.29, 1.82) is 0 Å². The Morgan fingerprint density at radius 1 is 1.17 bits per heavy atom. The average molecular weight is 333 g/mol. The molecule has 2 amide bonds. The smallest absolute Gasteiger partial charge is 0.319 e. The number of rotatable bonds is 4. The molecule has 2 N–H and O–H groups in total. The zero-order valence-corrected chi connectivity index (χ0v) is 14.1. The van der Waals surface area contributed by atoms with E-state index >= 15 is 0 Å². The highest BCUT2D eigenvalue weighted by Crippen LogP contribution is 2.20. The largest absolute Gasteiger partial charge is 0.332 e. The molecule has 0 atom stereocenters. The minimum atomic E-state index is -3.32. The standard InChI is InChI=1S/C16H19N3O3S/c1-11-7-8-14(23(3,21)22)9-15(11)19-16(20)17-10-13-6-4-5-12(2)18-13/h4-9H,10H2,1-3H3,(H2,17,19,20). The lowest BCUT2D eigenvalue weighted by Gasteiger charge is -2.11. The van der Waals surface area contributed by atoms with Crippen molar-refractivity contribution < 1.29 is 13.2 Å². The molecule has 0 saturated heterocycles. The van der Waals surface area contributed by atoms with Crippen LogP contribution in [0.25, 0.3) is 0 Å². The third-order valence-corrected chi connectivity index (χ3v) is 4.37. The van der Waals surface area contributed by atoms with Gasteiger partial charge in [-0.3, -0.25) is 4.98 Å². The van der Waals surface area contributed by atoms with Gasteiger partial charge < -0.3 is 10.6 Å². The number of benzene rings is 1. The van der Waals surface area contributed by atoms with Gasteiger partial charge in [0.1, 0.15) is 0 Å². The second-order valence-electron chi connectivity index (χ2n) is 5.33. The van der Waals surface area contributed by atoms with E-state index in [0.717, 1.165) is 23.2 Å². The lowest BCUT2D eigenvalue weighted by atomic mass is 10.2. The third-order valence-electron chi connectivity index (χ3n) is 3.26. The number of sulfone groups is 1. The van der Waals surface area contributed by atoms with Crippen molar-refractivity contribution in [3.8, 4) is 0 Å². The molecule has 1 heterocycles. The fourth-order valence-corrected chi connectivity index (χ4v) is 2.65. The molecule has 0 saturated carbocycles. The molecule has 23 heavy (non-hydrogen) atoms. The van der Waals surface area contributed by atoms with Gasteiger partial charge in [0, 0.05) is 17.6 Å². The number of aromatic nitrogens is 1. The van der Waals surface area contributed by atoms with E-state index in [9.17, 15) is 13.2 Å². The number of hydrogen-bond donors (Lipinski definition) is 2. The minimum Gasteiger partial charge on any atom is -0.332 e. The van der Waals surface area contributed by atoms with Crippen LogP contribution in [0.4, 0.5) is 10.5 Å². The Kier molecular flexibility index (Phi) is 5.00. The van der Waals surface area contributed by atoms with Crippen molar-refractivity contribution in [2.75, 3.05) is 11.6 Å². The molecule has 0 aliphatic heterocycles. The number of anilines is 1. The monoisotopic (exact) mass is 333 g/mol. The maximum atomic E-state index is 12.0. The summed E-state index contributed by atoms with van der Waals surface area (Å²) in [6, 6.07) is 9.79. The number of pyridine rings is 1. The fourth-order valence-electron chi connectivity index (χ4n) is 2.00. The van der Waals surface area contributed by atoms with Crippen molar-refractivity contribution in [3.05, 3.63) is 53.3 Å². The zero-order valence-electron chi connectivity index (χ0n) is 13.3. The summed E-state index contributed by atoms with van der Waals surface area (Å²) >= 11 is 0. The molecule has 0 aliphatic rings. The predicted molar refractivity (Wildman–Crippen MR) is 89.1 cm³/mol. The van der Waals surface area contributed by atoms with Crippen LogP contribution in [0.3, 0.4) is 0 Å². The molecule has 1 aromatic heterocycles. The highest BCUT2D eigenvalue weighted by molar-refractivity contribution is 7.90. The lowest BCUT2D eigenvalue weighted by Crippen LogP contribution is -2.29. The fraction of sp³-hybridized carbons (Fsp3) is 0.250. The molecule has 0 unspecified atom stereocenters. The first kappa shape index (κ1) is 17.0. The van der Waals surface area contributed by atoms with Crippen LogP contribution in [-0.2, 0) is 16.4 Å². The van der Waals surface area contributed by atoms with Crippen molar-refractivity contribution in [3.63, 3.8) is 0 Å². The number of nitrogens with one attached hydrogen (secondary N) is 2. The molecule has 7 heteroatoms. The second kappa shape index (κ2) is 6.78. The number of carbonyl (C=O) groups excluding carboxylic acids is 1. The number of nitrogens with zero attached hydrogens (tertiary/aromatic N) is 1. The molecular formula is C16H19N3O3S. The lowest BCUT2D eigenvalue weighted by molar-refractivity contribution is 0.251. The third kappa shape index (κ3) is 4.79. The summed E-state index contributed by atoms with van der Waals surface area (Å²) in [7, 11) is -3.32. The van der Waals surface area contributed by atoms with E-state index in [-0.39, 0.29) is 4.90 Å². The van der Waals surface area contributed by atoms with E-state index in [1.165, 1.54) is 12.1 Å². The molecule has 0 radical (unpaired) electrons. The Morgan fingerprint density at radius 2 is 1.91 bits per heavy atom. The van der Waals surface area contributed by atoms with Crippen LogP contribution < -0.4 is 10.6 Å². The van der Waals surface area contributed by atoms with Gasteiger partial charge in [0.25, 0.3) is 0 Å². The van der Waals surface area contributed by atoms with Crippen LogP contribution in [0.15, 0.2) is 41.3 Å². The van der Waals surface area contributed by atoms with Gasteiger partial charge >= 0.3 is 6.03 Å². The summed E-state index contributed by atoms with van der Waals surface area (Å²) in [6.07, 6.45) is 1.13. The topological polar surface area (TPSA) is 88.2 Å². The van der Waals surface area contributed by atoms with Crippen LogP contribution in [-0.4, -0.2) is 25.7 Å². The first-order chi connectivity index (χ1) is 10.8. The normalized spacial score (nSPS) is 11.1. The van der Waals surface area contributed by atoms with Crippen LogP contribution in [0, 0.1) is 13.8 Å². The summed E-state index contributed by atoms with van der Waals surface area (Å²) in [5.74, 6) is 0. The minimum absolute atomic E-state index is 0.166. The van der Waals surface area contributed by atoms with Crippen molar-refractivity contribution in [1.82, 2.24) is 10.3 Å². The van der Waals surface area contributed by atoms with Crippen molar-refractivity contribution in [2.24, 2.45) is 0 Å². The molecule has 1 aromatic carbocycles. The van der Waals surface area contributed by atoms with Gasteiger partial charge in [-0.2, -0.15) is 0 Å².